The quantitative estimate of drug-likeness (QED) is 0.705. The molecule has 1 amide bonds. The minimum Gasteiger partial charge on any atom is -0.465 e. The Morgan fingerprint density at radius 1 is 1.19 bits per heavy atom. The number of aryl methyl sites for hydroxylation is 1. The second-order valence-corrected chi connectivity index (χ2v) is 4.61. The summed E-state index contributed by atoms with van der Waals surface area (Å²) >= 11 is 0. The number of aliphatic hydroxyl groups excluding tert-OH is 1. The summed E-state index contributed by atoms with van der Waals surface area (Å²) in [7, 11) is 0. The van der Waals surface area contributed by atoms with Crippen LogP contribution in [-0.2, 0) is 13.0 Å². The monoisotopic (exact) mass is 287 g/mol. The maximum atomic E-state index is 10.3. The largest absolute Gasteiger partial charge is 0.465 e. The molecule has 1 aromatic heterocycles. The molecule has 0 fully saturated rings. The number of benzene rings is 1. The van der Waals surface area contributed by atoms with Crippen molar-refractivity contribution in [3.63, 3.8) is 0 Å². The Bertz CT molecular complexity index is 599. The van der Waals surface area contributed by atoms with E-state index in [1.54, 1.807) is 12.4 Å². The summed E-state index contributed by atoms with van der Waals surface area (Å²) in [6.07, 6.45) is 3.90. The maximum absolute atomic E-state index is 10.3. The molecule has 0 atom stereocenters. The lowest BCUT2D eigenvalue weighted by atomic mass is 10.1. The van der Waals surface area contributed by atoms with E-state index in [4.69, 9.17) is 10.2 Å². The Morgan fingerprint density at radius 3 is 2.62 bits per heavy atom. The molecule has 0 aliphatic heterocycles. The van der Waals surface area contributed by atoms with E-state index in [2.05, 4.69) is 15.3 Å². The number of hydrogen-bond acceptors (Lipinski definition) is 4. The lowest BCUT2D eigenvalue weighted by molar-refractivity contribution is 0.194. The summed E-state index contributed by atoms with van der Waals surface area (Å²) in [6.45, 7) is 0.401. The third-order valence-electron chi connectivity index (χ3n) is 2.99. The van der Waals surface area contributed by atoms with E-state index in [9.17, 15) is 4.79 Å². The standard InChI is InChI=1S/C15H17N3O3/c19-10-11-3-1-5-13(7-11)14-17-8-12(9-18-14)4-2-6-16-15(20)21/h1,3,5,7-9,16,19H,2,4,6,10H2,(H,20,21). The highest BCUT2D eigenvalue weighted by molar-refractivity contribution is 5.64. The van der Waals surface area contributed by atoms with E-state index in [1.807, 2.05) is 24.3 Å². The number of carbonyl (C=O) groups is 1. The number of rotatable bonds is 6. The van der Waals surface area contributed by atoms with Crippen LogP contribution in [0.15, 0.2) is 36.7 Å². The van der Waals surface area contributed by atoms with Gasteiger partial charge in [0.05, 0.1) is 6.61 Å². The van der Waals surface area contributed by atoms with Gasteiger partial charge in [-0.1, -0.05) is 18.2 Å². The molecular weight excluding hydrogens is 270 g/mol. The summed E-state index contributed by atoms with van der Waals surface area (Å²) in [5.74, 6) is 0.609. The number of nitrogens with one attached hydrogen (secondary N) is 1. The molecule has 110 valence electrons. The van der Waals surface area contributed by atoms with E-state index in [0.717, 1.165) is 23.1 Å². The predicted octanol–water partition coefficient (Wildman–Crippen LogP) is 1.84. The summed E-state index contributed by atoms with van der Waals surface area (Å²) in [6, 6.07) is 7.44. The van der Waals surface area contributed by atoms with Crippen molar-refractivity contribution in [3.8, 4) is 11.4 Å². The first-order valence-electron chi connectivity index (χ1n) is 6.67. The first-order chi connectivity index (χ1) is 10.2. The Morgan fingerprint density at radius 2 is 1.95 bits per heavy atom. The number of carboxylic acid groups (broad SMARTS) is 1. The van der Waals surface area contributed by atoms with Gasteiger partial charge >= 0.3 is 6.09 Å². The molecular formula is C15H17N3O3. The van der Waals surface area contributed by atoms with Crippen LogP contribution in [0.5, 0.6) is 0 Å². The van der Waals surface area contributed by atoms with Crippen LogP contribution in [-0.4, -0.2) is 32.8 Å². The average Bonchev–Trinajstić information content (AvgIpc) is 2.52. The van der Waals surface area contributed by atoms with Gasteiger partial charge in [0.25, 0.3) is 0 Å². The Hall–Kier alpha value is -2.47. The molecule has 0 saturated carbocycles. The fraction of sp³-hybridized carbons (Fsp3) is 0.267. The molecule has 0 spiro atoms. The van der Waals surface area contributed by atoms with Gasteiger partial charge in [-0.05, 0) is 30.0 Å². The zero-order valence-corrected chi connectivity index (χ0v) is 11.5. The topological polar surface area (TPSA) is 95.3 Å². The summed E-state index contributed by atoms with van der Waals surface area (Å²) in [5.41, 5.74) is 2.64. The van der Waals surface area contributed by atoms with Gasteiger partial charge in [-0.25, -0.2) is 14.8 Å². The number of amides is 1. The van der Waals surface area contributed by atoms with Crippen LogP contribution in [0, 0.1) is 0 Å². The van der Waals surface area contributed by atoms with Crippen LogP contribution in [0.1, 0.15) is 17.5 Å². The zero-order chi connectivity index (χ0) is 15.1. The van der Waals surface area contributed by atoms with Crippen LogP contribution < -0.4 is 5.32 Å². The lowest BCUT2D eigenvalue weighted by Crippen LogP contribution is -2.22. The molecule has 21 heavy (non-hydrogen) atoms. The zero-order valence-electron chi connectivity index (χ0n) is 11.5. The minimum absolute atomic E-state index is 0.0114. The van der Waals surface area contributed by atoms with Crippen LogP contribution in [0.25, 0.3) is 11.4 Å². The van der Waals surface area contributed by atoms with Crippen molar-refractivity contribution < 1.29 is 15.0 Å². The fourth-order valence-electron chi connectivity index (χ4n) is 1.93. The molecule has 6 heteroatoms. The summed E-state index contributed by atoms with van der Waals surface area (Å²) < 4.78 is 0. The smallest absolute Gasteiger partial charge is 0.404 e. The first kappa shape index (κ1) is 14.9. The summed E-state index contributed by atoms with van der Waals surface area (Å²) in [4.78, 5) is 18.9. The van der Waals surface area contributed by atoms with Gasteiger partial charge in [-0.2, -0.15) is 0 Å². The van der Waals surface area contributed by atoms with Crippen molar-refractivity contribution in [1.82, 2.24) is 15.3 Å². The lowest BCUT2D eigenvalue weighted by Gasteiger charge is -2.04. The normalized spacial score (nSPS) is 10.3. The molecule has 1 heterocycles. The van der Waals surface area contributed by atoms with Crippen molar-refractivity contribution in [3.05, 3.63) is 47.8 Å². The summed E-state index contributed by atoms with van der Waals surface area (Å²) in [5, 5.41) is 19.9. The van der Waals surface area contributed by atoms with Gasteiger partial charge in [0.2, 0.25) is 0 Å². The van der Waals surface area contributed by atoms with Gasteiger partial charge in [0.1, 0.15) is 0 Å². The van der Waals surface area contributed by atoms with Gasteiger partial charge < -0.3 is 15.5 Å². The van der Waals surface area contributed by atoms with Crippen LogP contribution >= 0.6 is 0 Å². The molecule has 0 saturated heterocycles. The highest BCUT2D eigenvalue weighted by Gasteiger charge is 2.03. The minimum atomic E-state index is -1.01. The molecule has 0 aliphatic carbocycles. The van der Waals surface area contributed by atoms with Gasteiger partial charge in [-0.3, -0.25) is 0 Å². The Kier molecular flexibility index (Phi) is 5.22. The fourth-order valence-corrected chi connectivity index (χ4v) is 1.93. The van der Waals surface area contributed by atoms with Crippen molar-refractivity contribution >= 4 is 6.09 Å². The van der Waals surface area contributed by atoms with Crippen LogP contribution in [0.2, 0.25) is 0 Å². The number of aliphatic hydroxyl groups is 1. The number of hydrogen-bond donors (Lipinski definition) is 3. The van der Waals surface area contributed by atoms with Crippen molar-refractivity contribution in [2.45, 2.75) is 19.4 Å². The van der Waals surface area contributed by atoms with E-state index in [-0.39, 0.29) is 6.61 Å². The van der Waals surface area contributed by atoms with E-state index in [0.29, 0.717) is 18.8 Å². The highest BCUT2D eigenvalue weighted by Crippen LogP contribution is 2.16. The Labute approximate surface area is 122 Å². The second kappa shape index (κ2) is 7.35. The predicted molar refractivity (Wildman–Crippen MR) is 77.7 cm³/mol. The van der Waals surface area contributed by atoms with E-state index >= 15 is 0 Å². The third-order valence-corrected chi connectivity index (χ3v) is 2.99. The molecule has 0 radical (unpaired) electrons. The van der Waals surface area contributed by atoms with Crippen molar-refractivity contribution in [1.29, 1.82) is 0 Å². The van der Waals surface area contributed by atoms with Gasteiger partial charge in [0.15, 0.2) is 5.82 Å². The molecule has 2 aromatic rings. The molecule has 3 N–H and O–H groups in total. The highest BCUT2D eigenvalue weighted by atomic mass is 16.4. The molecule has 6 nitrogen and oxygen atoms in total. The molecule has 0 unspecified atom stereocenters. The molecule has 2 rings (SSSR count). The SMILES string of the molecule is O=C(O)NCCCc1cnc(-c2cccc(CO)c2)nc1. The second-order valence-electron chi connectivity index (χ2n) is 4.61. The van der Waals surface area contributed by atoms with E-state index in [1.165, 1.54) is 0 Å². The molecule has 1 aromatic carbocycles. The number of aromatic nitrogens is 2. The third kappa shape index (κ3) is 4.54. The Balaban J connectivity index is 1.96. The van der Waals surface area contributed by atoms with Gasteiger partial charge in [-0.15, -0.1) is 0 Å². The number of nitrogens with zero attached hydrogens (tertiary/aromatic N) is 2. The maximum Gasteiger partial charge on any atom is 0.404 e. The van der Waals surface area contributed by atoms with E-state index < -0.39 is 6.09 Å². The van der Waals surface area contributed by atoms with Crippen LogP contribution in [0.3, 0.4) is 0 Å². The first-order valence-corrected chi connectivity index (χ1v) is 6.67. The van der Waals surface area contributed by atoms with Gasteiger partial charge in [0, 0.05) is 24.5 Å². The molecule has 0 aliphatic rings. The van der Waals surface area contributed by atoms with Crippen LogP contribution in [0.4, 0.5) is 4.79 Å². The van der Waals surface area contributed by atoms with Crippen molar-refractivity contribution in [2.24, 2.45) is 0 Å². The van der Waals surface area contributed by atoms with Crippen molar-refractivity contribution in [2.75, 3.05) is 6.54 Å². The molecule has 0 bridgehead atoms. The average molecular weight is 287 g/mol.